The molecule has 0 amide bonds. The third-order valence-electron chi connectivity index (χ3n) is 5.19. The van der Waals surface area contributed by atoms with Crippen molar-refractivity contribution in [3.8, 4) is 5.75 Å². The quantitative estimate of drug-likeness (QED) is 0.683. The Hall–Kier alpha value is -1.62. The molecule has 3 rings (SSSR count). The van der Waals surface area contributed by atoms with Gasteiger partial charge in [-0.05, 0) is 18.9 Å². The second kappa shape index (κ2) is 5.64. The van der Waals surface area contributed by atoms with Crippen molar-refractivity contribution in [2.75, 3.05) is 0 Å². The Kier molecular flexibility index (Phi) is 3.85. The minimum atomic E-state index is -0.388. The highest BCUT2D eigenvalue weighted by Crippen LogP contribution is 2.51. The van der Waals surface area contributed by atoms with E-state index in [0.29, 0.717) is 5.75 Å². The number of benzene rings is 1. The third-order valence-corrected chi connectivity index (χ3v) is 5.19. The second-order valence-electron chi connectivity index (χ2n) is 6.35. The Labute approximate surface area is 124 Å². The van der Waals surface area contributed by atoms with Crippen LogP contribution >= 0.6 is 0 Å². The molecular weight excluding hydrogens is 268 g/mol. The van der Waals surface area contributed by atoms with Crippen molar-refractivity contribution in [2.45, 2.75) is 57.1 Å². The highest BCUT2D eigenvalue weighted by molar-refractivity contribution is 5.38. The molecule has 5 heteroatoms. The van der Waals surface area contributed by atoms with Crippen LogP contribution in [-0.4, -0.2) is 17.1 Å². The zero-order valence-corrected chi connectivity index (χ0v) is 12.2. The first-order valence-electron chi connectivity index (χ1n) is 7.78. The van der Waals surface area contributed by atoms with Gasteiger partial charge in [-0.2, -0.15) is 0 Å². The lowest BCUT2D eigenvalue weighted by molar-refractivity contribution is -0.385. The summed E-state index contributed by atoms with van der Waals surface area (Å²) in [6.07, 6.45) is 8.16. The monoisotopic (exact) mass is 290 g/mol. The molecule has 0 saturated heterocycles. The summed E-state index contributed by atoms with van der Waals surface area (Å²) in [5.74, 6) is 0.588. The molecule has 2 atom stereocenters. The van der Waals surface area contributed by atoms with Crippen LogP contribution in [0.15, 0.2) is 24.3 Å². The summed E-state index contributed by atoms with van der Waals surface area (Å²) < 4.78 is 6.08. The van der Waals surface area contributed by atoms with Gasteiger partial charge in [-0.15, -0.1) is 0 Å². The van der Waals surface area contributed by atoms with Gasteiger partial charge < -0.3 is 10.5 Å². The predicted molar refractivity (Wildman–Crippen MR) is 80.2 cm³/mol. The fourth-order valence-electron chi connectivity index (χ4n) is 3.86. The molecule has 21 heavy (non-hydrogen) atoms. The first-order valence-corrected chi connectivity index (χ1v) is 7.78. The standard InChI is InChI=1S/C16H22N2O3/c17-14-11-15(16(14)8-3-1-2-4-9-16)21-13-7-5-6-12(10-13)18(19)20/h5-7,10,14-15H,1-4,8-9,11,17H2. The molecule has 2 aliphatic rings. The highest BCUT2D eigenvalue weighted by atomic mass is 16.6. The molecule has 1 spiro atoms. The molecule has 2 saturated carbocycles. The van der Waals surface area contributed by atoms with Crippen LogP contribution in [-0.2, 0) is 0 Å². The zero-order chi connectivity index (χ0) is 14.9. The molecule has 2 fully saturated rings. The fourth-order valence-corrected chi connectivity index (χ4v) is 3.86. The van der Waals surface area contributed by atoms with Crippen LogP contribution < -0.4 is 10.5 Å². The largest absolute Gasteiger partial charge is 0.489 e. The van der Waals surface area contributed by atoms with E-state index >= 15 is 0 Å². The van der Waals surface area contributed by atoms with Crippen molar-refractivity contribution in [3.05, 3.63) is 34.4 Å². The van der Waals surface area contributed by atoms with E-state index in [1.54, 1.807) is 12.1 Å². The lowest BCUT2D eigenvalue weighted by atomic mass is 9.58. The normalized spacial score (nSPS) is 27.7. The number of nitrogens with two attached hydrogens (primary N) is 1. The number of non-ortho nitro benzene ring substituents is 1. The van der Waals surface area contributed by atoms with Crippen molar-refractivity contribution in [2.24, 2.45) is 11.1 Å². The van der Waals surface area contributed by atoms with Gasteiger partial charge in [0.15, 0.2) is 0 Å². The van der Waals surface area contributed by atoms with E-state index in [0.717, 1.165) is 19.3 Å². The van der Waals surface area contributed by atoms with E-state index in [4.69, 9.17) is 10.5 Å². The summed E-state index contributed by atoms with van der Waals surface area (Å²) in [6, 6.07) is 6.67. The number of nitro benzene ring substituents is 1. The van der Waals surface area contributed by atoms with Gasteiger partial charge in [0.25, 0.3) is 5.69 Å². The van der Waals surface area contributed by atoms with Crippen molar-refractivity contribution < 1.29 is 9.66 Å². The lowest BCUT2D eigenvalue weighted by Gasteiger charge is -2.54. The molecule has 0 aliphatic heterocycles. The Morgan fingerprint density at radius 2 is 1.95 bits per heavy atom. The van der Waals surface area contributed by atoms with Crippen LogP contribution in [0.3, 0.4) is 0 Å². The van der Waals surface area contributed by atoms with Gasteiger partial charge in [-0.25, -0.2) is 0 Å². The van der Waals surface area contributed by atoms with Crippen LogP contribution in [0, 0.1) is 15.5 Å². The second-order valence-corrected chi connectivity index (χ2v) is 6.35. The molecule has 0 radical (unpaired) electrons. The molecule has 0 heterocycles. The molecule has 1 aromatic rings. The molecular formula is C16H22N2O3. The van der Waals surface area contributed by atoms with Gasteiger partial charge in [-0.1, -0.05) is 31.7 Å². The van der Waals surface area contributed by atoms with Crippen LogP contribution in [0.25, 0.3) is 0 Å². The van der Waals surface area contributed by atoms with E-state index < -0.39 is 0 Å². The van der Waals surface area contributed by atoms with Gasteiger partial charge >= 0.3 is 0 Å². The molecule has 0 aromatic heterocycles. The number of hydrogen-bond acceptors (Lipinski definition) is 4. The molecule has 0 bridgehead atoms. The first-order chi connectivity index (χ1) is 10.1. The molecule has 2 aliphatic carbocycles. The van der Waals surface area contributed by atoms with Crippen molar-refractivity contribution in [1.82, 2.24) is 0 Å². The SMILES string of the molecule is NC1CC(Oc2cccc([N+](=O)[O-])c2)C12CCCCCC2. The summed E-state index contributed by atoms with van der Waals surface area (Å²) in [5, 5.41) is 10.8. The number of rotatable bonds is 3. The number of hydrogen-bond donors (Lipinski definition) is 1. The molecule has 5 nitrogen and oxygen atoms in total. The summed E-state index contributed by atoms with van der Waals surface area (Å²) >= 11 is 0. The Balaban J connectivity index is 1.75. The zero-order valence-electron chi connectivity index (χ0n) is 12.2. The van der Waals surface area contributed by atoms with E-state index in [2.05, 4.69) is 0 Å². The van der Waals surface area contributed by atoms with Gasteiger partial charge in [-0.3, -0.25) is 10.1 Å². The highest BCUT2D eigenvalue weighted by Gasteiger charge is 2.54. The molecule has 2 N–H and O–H groups in total. The number of nitrogens with zero attached hydrogens (tertiary/aromatic N) is 1. The maximum atomic E-state index is 10.8. The van der Waals surface area contributed by atoms with E-state index in [1.165, 1.54) is 37.8 Å². The van der Waals surface area contributed by atoms with E-state index in [1.807, 2.05) is 0 Å². The van der Waals surface area contributed by atoms with E-state index in [9.17, 15) is 10.1 Å². The molecule has 1 aromatic carbocycles. The predicted octanol–water partition coefficient (Wildman–Crippen LogP) is 3.41. The Morgan fingerprint density at radius 3 is 2.57 bits per heavy atom. The average Bonchev–Trinajstić information content (AvgIpc) is 2.75. The van der Waals surface area contributed by atoms with E-state index in [-0.39, 0.29) is 28.2 Å². The fraction of sp³-hybridized carbons (Fsp3) is 0.625. The smallest absolute Gasteiger partial charge is 0.273 e. The van der Waals surface area contributed by atoms with Crippen molar-refractivity contribution in [1.29, 1.82) is 0 Å². The lowest BCUT2D eigenvalue weighted by Crippen LogP contribution is -2.63. The maximum Gasteiger partial charge on any atom is 0.273 e. The van der Waals surface area contributed by atoms with Gasteiger partial charge in [0.2, 0.25) is 0 Å². The Bertz CT molecular complexity index is 524. The van der Waals surface area contributed by atoms with Crippen molar-refractivity contribution >= 4 is 5.69 Å². The summed E-state index contributed by atoms with van der Waals surface area (Å²) in [6.45, 7) is 0. The topological polar surface area (TPSA) is 78.4 Å². The van der Waals surface area contributed by atoms with Crippen molar-refractivity contribution in [3.63, 3.8) is 0 Å². The first kappa shape index (κ1) is 14.3. The molecule has 2 unspecified atom stereocenters. The summed E-state index contributed by atoms with van der Waals surface area (Å²) in [5.41, 5.74) is 6.45. The third kappa shape index (κ3) is 2.62. The van der Waals surface area contributed by atoms with Gasteiger partial charge in [0.05, 0.1) is 11.0 Å². The van der Waals surface area contributed by atoms with Crippen LogP contribution in [0.5, 0.6) is 5.75 Å². The van der Waals surface area contributed by atoms with Crippen LogP contribution in [0.4, 0.5) is 5.69 Å². The minimum absolute atomic E-state index is 0.0750. The number of nitro groups is 1. The Morgan fingerprint density at radius 1 is 1.24 bits per heavy atom. The van der Waals surface area contributed by atoms with Gasteiger partial charge in [0, 0.05) is 23.9 Å². The maximum absolute atomic E-state index is 10.8. The summed E-state index contributed by atoms with van der Waals surface area (Å²) in [4.78, 5) is 10.5. The number of ether oxygens (including phenoxy) is 1. The van der Waals surface area contributed by atoms with Crippen LogP contribution in [0.2, 0.25) is 0 Å². The van der Waals surface area contributed by atoms with Crippen LogP contribution in [0.1, 0.15) is 44.9 Å². The van der Waals surface area contributed by atoms with Gasteiger partial charge in [0.1, 0.15) is 11.9 Å². The molecule has 114 valence electrons. The summed E-state index contributed by atoms with van der Waals surface area (Å²) in [7, 11) is 0. The minimum Gasteiger partial charge on any atom is -0.489 e. The average molecular weight is 290 g/mol.